The van der Waals surface area contributed by atoms with Crippen LogP contribution in [0.1, 0.15) is 21.5 Å². The summed E-state index contributed by atoms with van der Waals surface area (Å²) < 4.78 is 43.1. The minimum absolute atomic E-state index is 0.178. The smallest absolute Gasteiger partial charge is 0.416 e. The number of hydrogen-bond acceptors (Lipinski definition) is 6. The molecule has 1 aromatic rings. The Morgan fingerprint density at radius 1 is 1.32 bits per heavy atom. The van der Waals surface area contributed by atoms with Crippen molar-refractivity contribution in [3.05, 3.63) is 28.8 Å². The van der Waals surface area contributed by atoms with E-state index < -0.39 is 23.4 Å². The summed E-state index contributed by atoms with van der Waals surface area (Å²) in [5.41, 5.74) is -0.178. The quantitative estimate of drug-likeness (QED) is 0.525. The minimum Gasteiger partial charge on any atom is -0.465 e. The first-order valence-corrected chi connectivity index (χ1v) is 5.68. The molecule has 0 aliphatic rings. The van der Waals surface area contributed by atoms with Gasteiger partial charge in [-0.25, -0.2) is 4.79 Å². The highest BCUT2D eigenvalue weighted by Gasteiger charge is 2.34. The van der Waals surface area contributed by atoms with E-state index in [4.69, 9.17) is 10.5 Å². The average Bonchev–Trinajstić information content (AvgIpc) is 2.47. The van der Waals surface area contributed by atoms with Crippen LogP contribution in [-0.4, -0.2) is 18.8 Å². The first-order chi connectivity index (χ1) is 10.2. The monoisotopic (exact) mass is 310 g/mol. The highest BCUT2D eigenvalue weighted by molar-refractivity contribution is 6.10. The van der Waals surface area contributed by atoms with Gasteiger partial charge in [0, 0.05) is 0 Å². The first-order valence-electron chi connectivity index (χ1n) is 5.68. The molecular formula is C13H9F3N4O2. The number of hydrogen-bond donors (Lipinski definition) is 1. The Bertz CT molecular complexity index is 696. The third kappa shape index (κ3) is 3.73. The number of alkyl halides is 3. The largest absolute Gasteiger partial charge is 0.465 e. The van der Waals surface area contributed by atoms with E-state index in [1.165, 1.54) is 19.1 Å². The molecule has 0 unspecified atom stereocenters. The maximum Gasteiger partial charge on any atom is 0.416 e. The first kappa shape index (κ1) is 17.0. The number of benzene rings is 1. The van der Waals surface area contributed by atoms with Crippen molar-refractivity contribution in [2.75, 3.05) is 12.5 Å². The summed E-state index contributed by atoms with van der Waals surface area (Å²) in [5.74, 6) is -0.884. The van der Waals surface area contributed by atoms with Crippen LogP contribution in [0, 0.1) is 29.6 Å². The number of nitrogens with one attached hydrogen (secondary N) is 1. The van der Waals surface area contributed by atoms with Crippen molar-refractivity contribution < 1.29 is 22.7 Å². The van der Waals surface area contributed by atoms with Gasteiger partial charge in [-0.2, -0.15) is 28.8 Å². The Labute approximate surface area is 123 Å². The highest BCUT2D eigenvalue weighted by Crippen LogP contribution is 2.35. The summed E-state index contributed by atoms with van der Waals surface area (Å²) in [5, 5.41) is 20.4. The third-order valence-electron chi connectivity index (χ3n) is 2.58. The van der Waals surface area contributed by atoms with Crippen molar-refractivity contribution in [3.63, 3.8) is 0 Å². The highest BCUT2D eigenvalue weighted by atomic mass is 19.4. The Balaban J connectivity index is 3.45. The molecule has 0 bridgehead atoms. The van der Waals surface area contributed by atoms with Crippen LogP contribution < -0.4 is 5.43 Å². The fourth-order valence-electron chi connectivity index (χ4n) is 1.58. The van der Waals surface area contributed by atoms with E-state index in [-0.39, 0.29) is 16.8 Å². The summed E-state index contributed by atoms with van der Waals surface area (Å²) in [6, 6.07) is 4.51. The van der Waals surface area contributed by atoms with E-state index in [0.29, 0.717) is 6.07 Å². The summed E-state index contributed by atoms with van der Waals surface area (Å²) in [6.45, 7) is 1.19. The topological polar surface area (TPSA) is 98.3 Å². The van der Waals surface area contributed by atoms with Gasteiger partial charge in [-0.05, 0) is 24.6 Å². The number of nitriles is 2. The second-order valence-corrected chi connectivity index (χ2v) is 4.00. The number of halogens is 3. The van der Waals surface area contributed by atoms with E-state index in [1.54, 1.807) is 0 Å². The van der Waals surface area contributed by atoms with Crippen LogP contribution in [0.3, 0.4) is 0 Å². The van der Waals surface area contributed by atoms with E-state index in [1.807, 2.05) is 0 Å². The van der Waals surface area contributed by atoms with Crippen molar-refractivity contribution in [1.82, 2.24) is 0 Å². The maximum atomic E-state index is 12.9. The number of carbonyl (C=O) groups excluding carboxylic acids is 1. The van der Waals surface area contributed by atoms with Gasteiger partial charge in [-0.15, -0.1) is 0 Å². The molecule has 0 fully saturated rings. The molecule has 0 spiro atoms. The molecule has 22 heavy (non-hydrogen) atoms. The molecule has 0 radical (unpaired) electrons. The van der Waals surface area contributed by atoms with Gasteiger partial charge in [0.2, 0.25) is 5.71 Å². The van der Waals surface area contributed by atoms with Crippen molar-refractivity contribution in [1.29, 1.82) is 10.5 Å². The zero-order valence-corrected chi connectivity index (χ0v) is 11.4. The van der Waals surface area contributed by atoms with E-state index >= 15 is 0 Å². The lowest BCUT2D eigenvalue weighted by Gasteiger charge is -2.14. The van der Waals surface area contributed by atoms with Gasteiger partial charge in [0.25, 0.3) is 0 Å². The minimum atomic E-state index is -4.63. The Hall–Kier alpha value is -3.07. The van der Waals surface area contributed by atoms with Gasteiger partial charge in [0.05, 0.1) is 23.9 Å². The van der Waals surface area contributed by atoms with Gasteiger partial charge < -0.3 is 4.74 Å². The molecule has 1 aromatic carbocycles. The zero-order valence-electron chi connectivity index (χ0n) is 11.4. The van der Waals surface area contributed by atoms with Crippen LogP contribution in [0.25, 0.3) is 0 Å². The molecule has 0 aliphatic carbocycles. The summed E-state index contributed by atoms with van der Waals surface area (Å²) >= 11 is 0. The van der Waals surface area contributed by atoms with Crippen LogP contribution in [0.4, 0.5) is 18.9 Å². The van der Waals surface area contributed by atoms with Crippen LogP contribution in [0.5, 0.6) is 0 Å². The Morgan fingerprint density at radius 2 is 1.91 bits per heavy atom. The van der Waals surface area contributed by atoms with E-state index in [2.05, 4.69) is 15.3 Å². The number of aryl methyl sites for hydroxylation is 1. The van der Waals surface area contributed by atoms with Crippen LogP contribution >= 0.6 is 0 Å². The average molecular weight is 310 g/mol. The number of methoxy groups -OCH3 is 1. The molecule has 114 valence electrons. The Morgan fingerprint density at radius 3 is 2.36 bits per heavy atom. The molecule has 0 atom stereocenters. The fourth-order valence-corrected chi connectivity index (χ4v) is 1.58. The molecule has 1 rings (SSSR count). The summed E-state index contributed by atoms with van der Waals surface area (Å²) in [7, 11) is 1.07. The standard InChI is InChI=1S/C13H9F3N4O2/c1-7-3-9(12(21)22-2)11(4-10(7)13(14,15)16)20-19-8(5-17)6-18/h3-4,20H,1-2H3. The molecule has 1 N–H and O–H groups in total. The van der Waals surface area contributed by atoms with Gasteiger partial charge in [0.1, 0.15) is 12.1 Å². The van der Waals surface area contributed by atoms with Crippen molar-refractivity contribution >= 4 is 17.4 Å². The molecule has 0 saturated carbocycles. The molecule has 0 amide bonds. The second-order valence-electron chi connectivity index (χ2n) is 4.00. The number of rotatable bonds is 3. The number of hydrazone groups is 1. The van der Waals surface area contributed by atoms with Gasteiger partial charge in [-0.1, -0.05) is 0 Å². The van der Waals surface area contributed by atoms with Gasteiger partial charge >= 0.3 is 12.1 Å². The second kappa shape index (κ2) is 6.59. The predicted molar refractivity (Wildman–Crippen MR) is 69.8 cm³/mol. The van der Waals surface area contributed by atoms with E-state index in [0.717, 1.165) is 13.2 Å². The predicted octanol–water partition coefficient (Wildman–Crippen LogP) is 2.62. The van der Waals surface area contributed by atoms with Crippen molar-refractivity contribution in [2.24, 2.45) is 5.10 Å². The van der Waals surface area contributed by atoms with E-state index in [9.17, 15) is 18.0 Å². The van der Waals surface area contributed by atoms with Crippen LogP contribution in [0.15, 0.2) is 17.2 Å². The van der Waals surface area contributed by atoms with Crippen molar-refractivity contribution in [3.8, 4) is 12.1 Å². The molecule has 0 saturated heterocycles. The normalized spacial score (nSPS) is 10.1. The van der Waals surface area contributed by atoms with Gasteiger partial charge in [-0.3, -0.25) is 5.43 Å². The molecule has 0 heterocycles. The lowest BCUT2D eigenvalue weighted by molar-refractivity contribution is -0.138. The summed E-state index contributed by atoms with van der Waals surface area (Å²) in [6.07, 6.45) is -4.63. The molecule has 9 heteroatoms. The fraction of sp³-hybridized carbons (Fsp3) is 0.231. The number of ether oxygens (including phenoxy) is 1. The third-order valence-corrected chi connectivity index (χ3v) is 2.58. The molecule has 0 aliphatic heterocycles. The lowest BCUT2D eigenvalue weighted by atomic mass is 10.0. The lowest BCUT2D eigenvalue weighted by Crippen LogP contribution is -2.13. The molecule has 0 aromatic heterocycles. The van der Waals surface area contributed by atoms with Crippen LogP contribution in [-0.2, 0) is 10.9 Å². The SMILES string of the molecule is COC(=O)c1cc(C)c(C(F)(F)F)cc1NN=C(C#N)C#N. The Kier molecular flexibility index (Phi) is 5.09. The number of esters is 1. The van der Waals surface area contributed by atoms with Crippen molar-refractivity contribution in [2.45, 2.75) is 13.1 Å². The summed E-state index contributed by atoms with van der Waals surface area (Å²) in [4.78, 5) is 11.6. The number of anilines is 1. The molecule has 6 nitrogen and oxygen atoms in total. The number of nitrogens with zero attached hydrogens (tertiary/aromatic N) is 3. The van der Waals surface area contributed by atoms with Crippen LogP contribution in [0.2, 0.25) is 0 Å². The molecular weight excluding hydrogens is 301 g/mol. The van der Waals surface area contributed by atoms with Gasteiger partial charge in [0.15, 0.2) is 0 Å². The maximum absolute atomic E-state index is 12.9. The zero-order chi connectivity index (χ0) is 16.9. The number of carbonyl (C=O) groups is 1.